The van der Waals surface area contributed by atoms with Crippen LogP contribution in [0.4, 0.5) is 0 Å². The summed E-state index contributed by atoms with van der Waals surface area (Å²) in [6.45, 7) is 4.54. The van der Waals surface area contributed by atoms with Crippen molar-refractivity contribution in [1.82, 2.24) is 0 Å². The molecule has 0 heterocycles. The van der Waals surface area contributed by atoms with Crippen molar-refractivity contribution in [2.45, 2.75) is 51.5 Å². The van der Waals surface area contributed by atoms with Crippen LogP contribution in [0.15, 0.2) is 0 Å². The van der Waals surface area contributed by atoms with Gasteiger partial charge in [0.1, 0.15) is 0 Å². The Morgan fingerprint density at radius 1 is 1.50 bits per heavy atom. The summed E-state index contributed by atoms with van der Waals surface area (Å²) in [7, 11) is 0. The quantitative estimate of drug-likeness (QED) is 0.641. The monoisotopic (exact) mass is 141 g/mol. The predicted molar refractivity (Wildman–Crippen MR) is 44.8 cm³/mol. The van der Waals surface area contributed by atoms with E-state index in [2.05, 4.69) is 13.8 Å². The van der Waals surface area contributed by atoms with E-state index in [0.29, 0.717) is 0 Å². The minimum Gasteiger partial charge on any atom is -0.325 e. The van der Waals surface area contributed by atoms with Crippen LogP contribution in [0.5, 0.6) is 0 Å². The molecule has 0 spiro atoms. The van der Waals surface area contributed by atoms with E-state index >= 15 is 0 Å². The van der Waals surface area contributed by atoms with E-state index in [4.69, 9.17) is 5.73 Å². The molecule has 1 saturated carbocycles. The molecule has 0 radical (unpaired) electrons. The third-order valence-corrected chi connectivity index (χ3v) is 2.80. The van der Waals surface area contributed by atoms with Crippen LogP contribution in [0.25, 0.3) is 0 Å². The van der Waals surface area contributed by atoms with Gasteiger partial charge in [-0.15, -0.1) is 0 Å². The first kappa shape index (κ1) is 8.06. The topological polar surface area (TPSA) is 26.0 Å². The van der Waals surface area contributed by atoms with Gasteiger partial charge in [0.25, 0.3) is 0 Å². The highest BCUT2D eigenvalue weighted by atomic mass is 14.8. The zero-order valence-electron chi connectivity index (χ0n) is 7.19. The third kappa shape index (κ3) is 1.72. The van der Waals surface area contributed by atoms with Crippen LogP contribution >= 0.6 is 0 Å². The number of nitrogens with two attached hydrogens (primary N) is 1. The molecule has 0 bridgehead atoms. The molecule has 1 rings (SSSR count). The van der Waals surface area contributed by atoms with E-state index in [9.17, 15) is 0 Å². The van der Waals surface area contributed by atoms with Gasteiger partial charge in [-0.1, -0.05) is 20.3 Å². The lowest BCUT2D eigenvalue weighted by molar-refractivity contribution is 0.199. The van der Waals surface area contributed by atoms with Gasteiger partial charge in [-0.05, 0) is 31.6 Å². The average Bonchev–Trinajstić information content (AvgIpc) is 1.84. The zero-order chi connectivity index (χ0) is 7.61. The van der Waals surface area contributed by atoms with Crippen molar-refractivity contribution in [1.29, 1.82) is 0 Å². The van der Waals surface area contributed by atoms with Gasteiger partial charge in [-0.25, -0.2) is 0 Å². The first-order valence-corrected chi connectivity index (χ1v) is 4.45. The largest absolute Gasteiger partial charge is 0.325 e. The Morgan fingerprint density at radius 2 is 2.10 bits per heavy atom. The molecule has 1 aliphatic carbocycles. The SMILES string of the molecule is CCC(C)CC1(N)CCC1. The third-order valence-electron chi connectivity index (χ3n) is 2.80. The van der Waals surface area contributed by atoms with Crippen molar-refractivity contribution >= 4 is 0 Å². The molecule has 1 heteroatoms. The lowest BCUT2D eigenvalue weighted by atomic mass is 9.72. The van der Waals surface area contributed by atoms with E-state index in [1.165, 1.54) is 32.1 Å². The van der Waals surface area contributed by atoms with Crippen LogP contribution in [0, 0.1) is 5.92 Å². The van der Waals surface area contributed by atoms with Crippen molar-refractivity contribution in [2.75, 3.05) is 0 Å². The Morgan fingerprint density at radius 3 is 2.40 bits per heavy atom. The molecular formula is C9H19N. The number of hydrogen-bond acceptors (Lipinski definition) is 1. The summed E-state index contributed by atoms with van der Waals surface area (Å²) in [6, 6.07) is 0. The Balaban J connectivity index is 2.22. The Hall–Kier alpha value is -0.0400. The van der Waals surface area contributed by atoms with Crippen molar-refractivity contribution in [3.63, 3.8) is 0 Å². The van der Waals surface area contributed by atoms with Crippen molar-refractivity contribution in [2.24, 2.45) is 11.7 Å². The predicted octanol–water partition coefficient (Wildman–Crippen LogP) is 2.30. The fourth-order valence-electron chi connectivity index (χ4n) is 1.67. The first-order chi connectivity index (χ1) is 4.66. The van der Waals surface area contributed by atoms with Gasteiger partial charge >= 0.3 is 0 Å². The molecule has 0 aromatic heterocycles. The van der Waals surface area contributed by atoms with Crippen LogP contribution in [0.2, 0.25) is 0 Å². The zero-order valence-corrected chi connectivity index (χ0v) is 7.19. The maximum absolute atomic E-state index is 6.08. The maximum Gasteiger partial charge on any atom is 0.0156 e. The molecule has 1 atom stereocenters. The van der Waals surface area contributed by atoms with Gasteiger partial charge < -0.3 is 5.73 Å². The average molecular weight is 141 g/mol. The van der Waals surface area contributed by atoms with Crippen molar-refractivity contribution in [3.8, 4) is 0 Å². The molecule has 10 heavy (non-hydrogen) atoms. The van der Waals surface area contributed by atoms with E-state index in [-0.39, 0.29) is 5.54 Å². The lowest BCUT2D eigenvalue weighted by Crippen LogP contribution is -2.47. The van der Waals surface area contributed by atoms with Crippen LogP contribution in [-0.4, -0.2) is 5.54 Å². The molecule has 2 N–H and O–H groups in total. The highest BCUT2D eigenvalue weighted by Crippen LogP contribution is 2.35. The van der Waals surface area contributed by atoms with Gasteiger partial charge in [0.05, 0.1) is 0 Å². The molecule has 0 aromatic carbocycles. The molecule has 0 aliphatic heterocycles. The van der Waals surface area contributed by atoms with Gasteiger partial charge in [0.2, 0.25) is 0 Å². The Bertz CT molecular complexity index is 105. The molecule has 1 fully saturated rings. The fraction of sp³-hybridized carbons (Fsp3) is 1.00. The van der Waals surface area contributed by atoms with E-state index in [1.807, 2.05) is 0 Å². The standard InChI is InChI=1S/C9H19N/c1-3-8(2)7-9(10)5-4-6-9/h8H,3-7,10H2,1-2H3. The molecule has 0 aromatic rings. The smallest absolute Gasteiger partial charge is 0.0156 e. The molecule has 0 saturated heterocycles. The summed E-state index contributed by atoms with van der Waals surface area (Å²) in [5.74, 6) is 0.824. The summed E-state index contributed by atoms with van der Waals surface area (Å²) in [6.07, 6.45) is 6.39. The molecular weight excluding hydrogens is 122 g/mol. The number of rotatable bonds is 3. The van der Waals surface area contributed by atoms with E-state index < -0.39 is 0 Å². The first-order valence-electron chi connectivity index (χ1n) is 4.45. The van der Waals surface area contributed by atoms with Gasteiger partial charge in [-0.3, -0.25) is 0 Å². The molecule has 1 aliphatic rings. The number of hydrogen-bond donors (Lipinski definition) is 1. The molecule has 60 valence electrons. The van der Waals surface area contributed by atoms with Crippen molar-refractivity contribution in [3.05, 3.63) is 0 Å². The van der Waals surface area contributed by atoms with Crippen LogP contribution in [-0.2, 0) is 0 Å². The van der Waals surface area contributed by atoms with Gasteiger partial charge in [0, 0.05) is 5.54 Å². The highest BCUT2D eigenvalue weighted by Gasteiger charge is 2.33. The summed E-state index contributed by atoms with van der Waals surface area (Å²) >= 11 is 0. The van der Waals surface area contributed by atoms with Crippen LogP contribution in [0.1, 0.15) is 46.0 Å². The summed E-state index contributed by atoms with van der Waals surface area (Å²) in [4.78, 5) is 0. The second-order valence-corrected chi connectivity index (χ2v) is 3.93. The summed E-state index contributed by atoms with van der Waals surface area (Å²) in [5, 5.41) is 0. The normalized spacial score (nSPS) is 25.5. The second-order valence-electron chi connectivity index (χ2n) is 3.93. The molecule has 1 unspecified atom stereocenters. The Labute approximate surface area is 64.0 Å². The molecule has 0 amide bonds. The van der Waals surface area contributed by atoms with Crippen LogP contribution < -0.4 is 5.73 Å². The van der Waals surface area contributed by atoms with E-state index in [0.717, 1.165) is 5.92 Å². The molecule has 1 nitrogen and oxygen atoms in total. The minimum absolute atomic E-state index is 0.245. The summed E-state index contributed by atoms with van der Waals surface area (Å²) < 4.78 is 0. The van der Waals surface area contributed by atoms with Gasteiger partial charge in [-0.2, -0.15) is 0 Å². The highest BCUT2D eigenvalue weighted by molar-refractivity contribution is 4.93. The van der Waals surface area contributed by atoms with Gasteiger partial charge in [0.15, 0.2) is 0 Å². The van der Waals surface area contributed by atoms with Crippen molar-refractivity contribution < 1.29 is 0 Å². The maximum atomic E-state index is 6.08. The fourth-order valence-corrected chi connectivity index (χ4v) is 1.67. The van der Waals surface area contributed by atoms with Crippen LogP contribution in [0.3, 0.4) is 0 Å². The Kier molecular flexibility index (Phi) is 2.35. The second kappa shape index (κ2) is 2.91. The summed E-state index contributed by atoms with van der Waals surface area (Å²) in [5.41, 5.74) is 6.32. The minimum atomic E-state index is 0.245. The van der Waals surface area contributed by atoms with E-state index in [1.54, 1.807) is 0 Å². The lowest BCUT2D eigenvalue weighted by Gasteiger charge is -2.40.